The molecule has 0 aliphatic carbocycles. The summed E-state index contributed by atoms with van der Waals surface area (Å²) in [6.45, 7) is 1.56. The molecular weight excluding hydrogens is 330 g/mol. The van der Waals surface area contributed by atoms with Crippen molar-refractivity contribution in [2.24, 2.45) is 5.92 Å². The number of H-pyrrole nitrogens is 1. The third-order valence-electron chi connectivity index (χ3n) is 4.94. The second-order valence-corrected chi connectivity index (χ2v) is 6.63. The van der Waals surface area contributed by atoms with E-state index in [-0.39, 0.29) is 18.4 Å². The van der Waals surface area contributed by atoms with Gasteiger partial charge in [-0.2, -0.15) is 10.4 Å². The fourth-order valence-corrected chi connectivity index (χ4v) is 3.66. The minimum absolute atomic E-state index is 0.0197. The maximum atomic E-state index is 12.6. The predicted octanol–water partition coefficient (Wildman–Crippen LogP) is 1.70. The van der Waals surface area contributed by atoms with Gasteiger partial charge in [-0.3, -0.25) is 9.89 Å². The molecule has 1 amide bonds. The standard InChI is InChI=1S/C18H19N7O/c1-24(8-5-19)18(26)12-3-2-7-25(11-12)17-15-13(10-22-23-17)9-21-16-14(15)4-6-20-16/h4,6,9-10,12,23H,2-3,7-8,11H2,1H3. The number of aromatic amines is 1. The fraction of sp³-hybridized carbons (Fsp3) is 0.389. The number of nitriles is 1. The number of amides is 1. The minimum atomic E-state index is -0.124. The maximum Gasteiger partial charge on any atom is 0.228 e. The molecule has 1 N–H and O–H groups in total. The van der Waals surface area contributed by atoms with Crippen LogP contribution in [0.2, 0.25) is 0 Å². The van der Waals surface area contributed by atoms with E-state index in [1.54, 1.807) is 25.6 Å². The monoisotopic (exact) mass is 349 g/mol. The number of anilines is 1. The molecule has 1 aliphatic heterocycles. The molecule has 1 unspecified atom stereocenters. The van der Waals surface area contributed by atoms with Crippen molar-refractivity contribution in [3.8, 4) is 6.07 Å². The highest BCUT2D eigenvalue weighted by molar-refractivity contribution is 6.10. The quantitative estimate of drug-likeness (QED) is 0.722. The zero-order valence-electron chi connectivity index (χ0n) is 14.5. The van der Waals surface area contributed by atoms with E-state index in [0.29, 0.717) is 12.2 Å². The number of rotatable bonds is 3. The van der Waals surface area contributed by atoms with Gasteiger partial charge in [0.05, 0.1) is 18.2 Å². The lowest BCUT2D eigenvalue weighted by Crippen LogP contribution is -2.44. The summed E-state index contributed by atoms with van der Waals surface area (Å²) < 4.78 is 0. The Bertz CT molecular complexity index is 1010. The van der Waals surface area contributed by atoms with E-state index in [4.69, 9.17) is 5.26 Å². The normalized spacial score (nSPS) is 17.4. The Morgan fingerprint density at radius 3 is 3.19 bits per heavy atom. The van der Waals surface area contributed by atoms with Crippen molar-refractivity contribution in [1.29, 1.82) is 5.26 Å². The van der Waals surface area contributed by atoms with Crippen LogP contribution in [0.15, 0.2) is 24.7 Å². The van der Waals surface area contributed by atoms with Crippen molar-refractivity contribution < 1.29 is 4.79 Å². The van der Waals surface area contributed by atoms with E-state index in [0.717, 1.165) is 41.4 Å². The number of carbonyl (C=O) groups is 1. The van der Waals surface area contributed by atoms with Crippen molar-refractivity contribution >= 4 is 33.5 Å². The highest BCUT2D eigenvalue weighted by atomic mass is 16.2. The van der Waals surface area contributed by atoms with Crippen molar-refractivity contribution in [2.45, 2.75) is 12.8 Å². The summed E-state index contributed by atoms with van der Waals surface area (Å²) in [7, 11) is 1.68. The van der Waals surface area contributed by atoms with E-state index in [1.807, 2.05) is 12.1 Å². The van der Waals surface area contributed by atoms with Crippen LogP contribution < -0.4 is 4.90 Å². The molecule has 4 heterocycles. The molecule has 1 saturated heterocycles. The number of nitrogens with zero attached hydrogens (tertiary/aromatic N) is 6. The molecule has 1 fully saturated rings. The fourth-order valence-electron chi connectivity index (χ4n) is 3.66. The van der Waals surface area contributed by atoms with Crippen LogP contribution >= 0.6 is 0 Å². The van der Waals surface area contributed by atoms with Crippen molar-refractivity contribution in [2.75, 3.05) is 31.6 Å². The smallest absolute Gasteiger partial charge is 0.228 e. The van der Waals surface area contributed by atoms with Crippen LogP contribution in [0.25, 0.3) is 21.8 Å². The van der Waals surface area contributed by atoms with E-state index in [1.165, 1.54) is 4.90 Å². The lowest BCUT2D eigenvalue weighted by molar-refractivity contribution is -0.133. The van der Waals surface area contributed by atoms with Crippen LogP contribution in [0.1, 0.15) is 12.8 Å². The van der Waals surface area contributed by atoms with Crippen LogP contribution in [0.3, 0.4) is 0 Å². The number of fused-ring (bicyclic) bond motifs is 3. The first kappa shape index (κ1) is 16.3. The summed E-state index contributed by atoms with van der Waals surface area (Å²) in [4.78, 5) is 24.9. The summed E-state index contributed by atoms with van der Waals surface area (Å²) in [5.74, 6) is 0.787. The Labute approximate surface area is 150 Å². The van der Waals surface area contributed by atoms with Crippen molar-refractivity contribution in [1.82, 2.24) is 25.1 Å². The average Bonchev–Trinajstić information content (AvgIpc) is 3.16. The molecule has 8 heteroatoms. The van der Waals surface area contributed by atoms with Crippen molar-refractivity contribution in [3.63, 3.8) is 0 Å². The summed E-state index contributed by atoms with van der Waals surface area (Å²) in [5.41, 5.74) is 0.705. The topological polar surface area (TPSA) is 102 Å². The van der Waals surface area contributed by atoms with Gasteiger partial charge in [-0.05, 0) is 18.9 Å². The number of carbonyl (C=O) groups excluding carboxylic acids is 1. The third kappa shape index (κ3) is 2.71. The molecule has 3 aromatic heterocycles. The average molecular weight is 349 g/mol. The highest BCUT2D eigenvalue weighted by Crippen LogP contribution is 2.32. The maximum absolute atomic E-state index is 12.6. The zero-order chi connectivity index (χ0) is 18.1. The molecule has 0 saturated carbocycles. The lowest BCUT2D eigenvalue weighted by Gasteiger charge is -2.35. The molecule has 26 heavy (non-hydrogen) atoms. The van der Waals surface area contributed by atoms with Crippen LogP contribution in [0, 0.1) is 17.2 Å². The van der Waals surface area contributed by atoms with Gasteiger partial charge < -0.3 is 9.80 Å². The predicted molar refractivity (Wildman–Crippen MR) is 97.4 cm³/mol. The van der Waals surface area contributed by atoms with E-state index in [9.17, 15) is 4.79 Å². The SMILES string of the molecule is CN(CC#N)C(=O)C1CCCN(c2[nH]ncc3cnc4nccc4c23)C1. The number of hydrogen-bond acceptors (Lipinski definition) is 6. The number of hydrogen-bond donors (Lipinski definition) is 1. The molecular formula is C18H19N7O. The Hall–Kier alpha value is -3.21. The molecule has 8 nitrogen and oxygen atoms in total. The Morgan fingerprint density at radius 1 is 1.46 bits per heavy atom. The number of piperidine rings is 1. The zero-order valence-corrected chi connectivity index (χ0v) is 14.5. The summed E-state index contributed by atoms with van der Waals surface area (Å²) in [6, 6.07) is 3.99. The molecule has 0 radical (unpaired) electrons. The summed E-state index contributed by atoms with van der Waals surface area (Å²) in [5, 5.41) is 19.1. The molecule has 0 spiro atoms. The van der Waals surface area contributed by atoms with Crippen LogP contribution in [0.4, 0.5) is 5.82 Å². The minimum Gasteiger partial charge on any atom is -0.356 e. The van der Waals surface area contributed by atoms with Crippen molar-refractivity contribution in [3.05, 3.63) is 24.7 Å². The second kappa shape index (κ2) is 6.59. The first-order valence-electron chi connectivity index (χ1n) is 8.62. The second-order valence-electron chi connectivity index (χ2n) is 6.63. The van der Waals surface area contributed by atoms with Crippen LogP contribution in [-0.4, -0.2) is 57.7 Å². The number of pyridine rings is 1. The molecule has 1 aliphatic rings. The van der Waals surface area contributed by atoms with E-state index < -0.39 is 0 Å². The van der Waals surface area contributed by atoms with E-state index in [2.05, 4.69) is 25.1 Å². The van der Waals surface area contributed by atoms with Gasteiger partial charge >= 0.3 is 0 Å². The summed E-state index contributed by atoms with van der Waals surface area (Å²) >= 11 is 0. The van der Waals surface area contributed by atoms with Gasteiger partial charge in [0.1, 0.15) is 12.4 Å². The van der Waals surface area contributed by atoms with Gasteiger partial charge in [-0.1, -0.05) is 0 Å². The highest BCUT2D eigenvalue weighted by Gasteiger charge is 2.29. The number of aromatic nitrogens is 4. The van der Waals surface area contributed by atoms with Gasteiger partial charge in [0, 0.05) is 48.7 Å². The van der Waals surface area contributed by atoms with Gasteiger partial charge in [-0.25, -0.2) is 9.97 Å². The van der Waals surface area contributed by atoms with Crippen LogP contribution in [-0.2, 0) is 4.79 Å². The molecule has 0 aromatic carbocycles. The molecule has 0 bridgehead atoms. The molecule has 132 valence electrons. The first-order chi connectivity index (χ1) is 12.7. The Kier molecular flexibility index (Phi) is 4.13. The van der Waals surface area contributed by atoms with Gasteiger partial charge in [0.25, 0.3) is 0 Å². The van der Waals surface area contributed by atoms with Gasteiger partial charge in [-0.15, -0.1) is 0 Å². The third-order valence-corrected chi connectivity index (χ3v) is 4.94. The Balaban J connectivity index is 1.70. The van der Waals surface area contributed by atoms with Gasteiger partial charge in [0.2, 0.25) is 5.91 Å². The Morgan fingerprint density at radius 2 is 2.35 bits per heavy atom. The molecule has 3 aromatic rings. The summed E-state index contributed by atoms with van der Waals surface area (Å²) in [6.07, 6.45) is 7.03. The van der Waals surface area contributed by atoms with E-state index >= 15 is 0 Å². The molecule has 4 rings (SSSR count). The first-order valence-corrected chi connectivity index (χ1v) is 8.62. The van der Waals surface area contributed by atoms with Gasteiger partial charge in [0.15, 0.2) is 5.65 Å². The number of nitrogens with one attached hydrogen (secondary N) is 1. The molecule has 1 atom stereocenters. The lowest BCUT2D eigenvalue weighted by atomic mass is 9.96. The largest absolute Gasteiger partial charge is 0.356 e. The van der Waals surface area contributed by atoms with Crippen LogP contribution in [0.5, 0.6) is 0 Å².